The fourth-order valence-corrected chi connectivity index (χ4v) is 3.64. The molecule has 2 heterocycles. The highest BCUT2D eigenvalue weighted by Gasteiger charge is 2.15. The predicted molar refractivity (Wildman–Crippen MR) is 138 cm³/mol. The largest absolute Gasteiger partial charge is 0.506 e. The van der Waals surface area contributed by atoms with Gasteiger partial charge in [0.1, 0.15) is 18.1 Å². The van der Waals surface area contributed by atoms with Crippen LogP contribution in [0.1, 0.15) is 0 Å². The second-order valence-corrected chi connectivity index (χ2v) is 8.27. The van der Waals surface area contributed by atoms with Crippen LogP contribution in [0.3, 0.4) is 0 Å². The van der Waals surface area contributed by atoms with Crippen molar-refractivity contribution in [3.05, 3.63) is 67.5 Å². The number of hydrogen-bond acceptors (Lipinski definition) is 7. The smallest absolute Gasteiger partial charge is 0.247 e. The van der Waals surface area contributed by atoms with Gasteiger partial charge in [-0.1, -0.05) is 24.8 Å². The number of anilines is 3. The molecular weight excluding hydrogens is 444 g/mol. The second kappa shape index (κ2) is 10.3. The Balaban J connectivity index is 1.65. The van der Waals surface area contributed by atoms with Crippen molar-refractivity contribution in [2.45, 2.75) is 0 Å². The number of para-hydroxylation sites is 1. The minimum absolute atomic E-state index is 0.0689. The van der Waals surface area contributed by atoms with Crippen molar-refractivity contribution in [2.75, 3.05) is 37.9 Å². The summed E-state index contributed by atoms with van der Waals surface area (Å²) in [4.78, 5) is 22.9. The first kappa shape index (κ1) is 23.8. The standard InChI is InChI=1S/C26H28N6O3/c1-5-25(34)28-21-14-20(23(33)15-24(21)35-13-12-31(2)3)30-26-27-11-10-19(29-26)18-16-32(4)22-9-7-6-8-17(18)22/h5-11,14-16,33H,1,12-13H2,2-4H3,(H,28,34)(H,27,29,30). The van der Waals surface area contributed by atoms with Crippen LogP contribution in [-0.4, -0.2) is 57.7 Å². The van der Waals surface area contributed by atoms with Gasteiger partial charge in [0, 0.05) is 48.5 Å². The van der Waals surface area contributed by atoms with E-state index in [2.05, 4.69) is 43.9 Å². The van der Waals surface area contributed by atoms with Crippen LogP contribution in [0, 0.1) is 0 Å². The van der Waals surface area contributed by atoms with E-state index in [9.17, 15) is 9.90 Å². The molecule has 0 saturated carbocycles. The number of amides is 1. The van der Waals surface area contributed by atoms with Crippen molar-refractivity contribution in [1.82, 2.24) is 19.4 Å². The van der Waals surface area contributed by atoms with Crippen LogP contribution in [0.4, 0.5) is 17.3 Å². The Bertz CT molecular complexity index is 1380. The first-order valence-electron chi connectivity index (χ1n) is 11.1. The molecular formula is C26H28N6O3. The van der Waals surface area contributed by atoms with Crippen LogP contribution in [0.5, 0.6) is 11.5 Å². The number of nitrogens with zero attached hydrogens (tertiary/aromatic N) is 4. The number of rotatable bonds is 9. The number of aryl methyl sites for hydroxylation is 1. The molecule has 0 aliphatic carbocycles. The number of benzene rings is 2. The molecule has 0 saturated heterocycles. The molecule has 0 fully saturated rings. The van der Waals surface area contributed by atoms with Crippen molar-refractivity contribution in [1.29, 1.82) is 0 Å². The lowest BCUT2D eigenvalue weighted by Gasteiger charge is -2.17. The first-order chi connectivity index (χ1) is 16.9. The summed E-state index contributed by atoms with van der Waals surface area (Å²) >= 11 is 0. The van der Waals surface area contributed by atoms with E-state index in [-0.39, 0.29) is 5.75 Å². The fourth-order valence-electron chi connectivity index (χ4n) is 3.64. The quantitative estimate of drug-likeness (QED) is 0.191. The van der Waals surface area contributed by atoms with E-state index in [1.54, 1.807) is 12.3 Å². The van der Waals surface area contributed by atoms with Crippen LogP contribution in [0.25, 0.3) is 22.2 Å². The number of aromatic hydroxyl groups is 1. The van der Waals surface area contributed by atoms with E-state index in [1.807, 2.05) is 50.4 Å². The van der Waals surface area contributed by atoms with E-state index in [4.69, 9.17) is 4.74 Å². The second-order valence-electron chi connectivity index (χ2n) is 8.27. The maximum Gasteiger partial charge on any atom is 0.247 e. The summed E-state index contributed by atoms with van der Waals surface area (Å²) < 4.78 is 7.84. The van der Waals surface area contributed by atoms with Gasteiger partial charge in [0.05, 0.1) is 17.1 Å². The van der Waals surface area contributed by atoms with Crippen LogP contribution in [0.2, 0.25) is 0 Å². The summed E-state index contributed by atoms with van der Waals surface area (Å²) in [6.45, 7) is 4.55. The summed E-state index contributed by atoms with van der Waals surface area (Å²) in [6, 6.07) is 13.0. The van der Waals surface area contributed by atoms with E-state index >= 15 is 0 Å². The van der Waals surface area contributed by atoms with Gasteiger partial charge in [-0.2, -0.15) is 0 Å². The summed E-state index contributed by atoms with van der Waals surface area (Å²) in [5.74, 6) is 0.178. The Kier molecular flexibility index (Phi) is 6.98. The van der Waals surface area contributed by atoms with Crippen molar-refractivity contribution >= 4 is 34.1 Å². The SMILES string of the molecule is C=CC(=O)Nc1cc(Nc2nccc(-c3cn(C)c4ccccc34)n2)c(O)cc1OCCN(C)C. The number of fused-ring (bicyclic) bond motifs is 1. The molecule has 0 aliphatic heterocycles. The molecule has 0 radical (unpaired) electrons. The zero-order valence-corrected chi connectivity index (χ0v) is 19.9. The lowest BCUT2D eigenvalue weighted by Crippen LogP contribution is -2.20. The molecule has 0 spiro atoms. The fraction of sp³-hybridized carbons (Fsp3) is 0.192. The van der Waals surface area contributed by atoms with Gasteiger partial charge in [-0.05, 0) is 38.4 Å². The van der Waals surface area contributed by atoms with Crippen LogP contribution in [0.15, 0.2) is 67.5 Å². The Morgan fingerprint density at radius 1 is 1.23 bits per heavy atom. The third-order valence-corrected chi connectivity index (χ3v) is 5.41. The van der Waals surface area contributed by atoms with Gasteiger partial charge in [-0.25, -0.2) is 9.97 Å². The number of ether oxygens (including phenoxy) is 1. The summed E-state index contributed by atoms with van der Waals surface area (Å²) in [6.07, 6.45) is 4.85. The predicted octanol–water partition coefficient (Wildman–Crippen LogP) is 4.15. The third kappa shape index (κ3) is 5.42. The number of likely N-dealkylation sites (N-methyl/N-ethyl adjacent to an activating group) is 1. The van der Waals surface area contributed by atoms with Crippen molar-refractivity contribution < 1.29 is 14.6 Å². The van der Waals surface area contributed by atoms with Gasteiger partial charge in [0.25, 0.3) is 0 Å². The molecule has 1 amide bonds. The summed E-state index contributed by atoms with van der Waals surface area (Å²) in [5, 5.41) is 17.5. The average molecular weight is 473 g/mol. The highest BCUT2D eigenvalue weighted by molar-refractivity contribution is 6.00. The first-order valence-corrected chi connectivity index (χ1v) is 11.1. The van der Waals surface area contributed by atoms with E-state index in [0.29, 0.717) is 36.2 Å². The molecule has 9 heteroatoms. The lowest BCUT2D eigenvalue weighted by atomic mass is 10.1. The zero-order chi connectivity index (χ0) is 24.9. The molecule has 0 aliphatic rings. The molecule has 2 aromatic heterocycles. The Morgan fingerprint density at radius 2 is 2.03 bits per heavy atom. The maximum atomic E-state index is 12.0. The Morgan fingerprint density at radius 3 is 2.80 bits per heavy atom. The molecule has 0 atom stereocenters. The Hall–Kier alpha value is -4.37. The van der Waals surface area contributed by atoms with E-state index in [0.717, 1.165) is 22.2 Å². The number of nitrogens with one attached hydrogen (secondary N) is 2. The summed E-state index contributed by atoms with van der Waals surface area (Å²) in [5.41, 5.74) is 3.52. The minimum Gasteiger partial charge on any atom is -0.506 e. The van der Waals surface area contributed by atoms with E-state index < -0.39 is 5.91 Å². The molecule has 35 heavy (non-hydrogen) atoms. The van der Waals surface area contributed by atoms with Gasteiger partial charge in [-0.15, -0.1) is 0 Å². The number of phenols is 1. The van der Waals surface area contributed by atoms with Gasteiger partial charge < -0.3 is 29.9 Å². The van der Waals surface area contributed by atoms with Crippen molar-refractivity contribution in [3.63, 3.8) is 0 Å². The molecule has 2 aromatic carbocycles. The zero-order valence-electron chi connectivity index (χ0n) is 19.9. The normalized spacial score (nSPS) is 11.0. The third-order valence-electron chi connectivity index (χ3n) is 5.41. The Labute approximate surface area is 203 Å². The lowest BCUT2D eigenvalue weighted by molar-refractivity contribution is -0.111. The molecule has 0 bridgehead atoms. The average Bonchev–Trinajstić information content (AvgIpc) is 3.18. The highest BCUT2D eigenvalue weighted by atomic mass is 16.5. The van der Waals surface area contributed by atoms with Crippen LogP contribution < -0.4 is 15.4 Å². The molecule has 0 unspecified atom stereocenters. The number of aromatic nitrogens is 3. The monoisotopic (exact) mass is 472 g/mol. The minimum atomic E-state index is -0.395. The van der Waals surface area contributed by atoms with Crippen LogP contribution in [-0.2, 0) is 11.8 Å². The van der Waals surface area contributed by atoms with Crippen LogP contribution >= 0.6 is 0 Å². The highest BCUT2D eigenvalue weighted by Crippen LogP contribution is 2.37. The number of carbonyl (C=O) groups is 1. The van der Waals surface area contributed by atoms with Gasteiger partial charge >= 0.3 is 0 Å². The summed E-state index contributed by atoms with van der Waals surface area (Å²) in [7, 11) is 5.85. The van der Waals surface area contributed by atoms with Gasteiger partial charge in [0.2, 0.25) is 11.9 Å². The molecule has 180 valence electrons. The maximum absolute atomic E-state index is 12.0. The molecule has 3 N–H and O–H groups in total. The molecule has 4 aromatic rings. The topological polar surface area (TPSA) is 105 Å². The number of carbonyl (C=O) groups excluding carboxylic acids is 1. The van der Waals surface area contributed by atoms with Gasteiger partial charge in [-0.3, -0.25) is 4.79 Å². The number of phenolic OH excluding ortho intramolecular Hbond substituents is 1. The molecule has 4 rings (SSSR count). The van der Waals surface area contributed by atoms with Gasteiger partial charge in [0.15, 0.2) is 0 Å². The van der Waals surface area contributed by atoms with Crippen molar-refractivity contribution in [2.24, 2.45) is 7.05 Å². The molecule has 9 nitrogen and oxygen atoms in total. The number of hydrogen-bond donors (Lipinski definition) is 3. The van der Waals surface area contributed by atoms with Crippen molar-refractivity contribution in [3.8, 4) is 22.8 Å². The van der Waals surface area contributed by atoms with E-state index in [1.165, 1.54) is 12.1 Å².